The molecule has 22 heavy (non-hydrogen) atoms. The highest BCUT2D eigenvalue weighted by atomic mass is 16.5. The number of carbonyl (C=O) groups is 2. The van der Waals surface area contributed by atoms with Gasteiger partial charge < -0.3 is 20.1 Å². The van der Waals surface area contributed by atoms with E-state index in [-0.39, 0.29) is 0 Å². The Morgan fingerprint density at radius 3 is 2.45 bits per heavy atom. The van der Waals surface area contributed by atoms with Gasteiger partial charge in [-0.25, -0.2) is 9.59 Å². The fraction of sp³-hybridized carbons (Fsp3) is 0.750. The number of urea groups is 1. The number of hydrogen-bond acceptors (Lipinski definition) is 3. The third kappa shape index (κ3) is 8.54. The Hall–Kier alpha value is -1.72. The maximum absolute atomic E-state index is 12.1. The molecule has 128 valence electrons. The van der Waals surface area contributed by atoms with E-state index in [2.05, 4.69) is 12.2 Å². The molecular weight excluding hydrogens is 284 g/mol. The molecular formula is C16H30N2O4. The van der Waals surface area contributed by atoms with Gasteiger partial charge in [-0.1, -0.05) is 39.5 Å². The molecule has 0 aromatic rings. The molecule has 0 fully saturated rings. The number of unbranched alkanes of at least 4 members (excludes halogenated alkanes) is 3. The monoisotopic (exact) mass is 314 g/mol. The van der Waals surface area contributed by atoms with Crippen LogP contribution in [-0.4, -0.2) is 48.8 Å². The molecule has 1 atom stereocenters. The van der Waals surface area contributed by atoms with Crippen LogP contribution >= 0.6 is 0 Å². The minimum Gasteiger partial charge on any atom is -0.500 e. The van der Waals surface area contributed by atoms with Gasteiger partial charge in [-0.15, -0.1) is 0 Å². The van der Waals surface area contributed by atoms with Gasteiger partial charge in [0.25, 0.3) is 0 Å². The minimum absolute atomic E-state index is 0.318. The van der Waals surface area contributed by atoms with Crippen LogP contribution in [0, 0.1) is 0 Å². The molecule has 0 radical (unpaired) electrons. The summed E-state index contributed by atoms with van der Waals surface area (Å²) in [6.07, 6.45) is 7.12. The Morgan fingerprint density at radius 2 is 1.95 bits per heavy atom. The Kier molecular flexibility index (Phi) is 11.0. The lowest BCUT2D eigenvalue weighted by molar-refractivity contribution is -0.139. The van der Waals surface area contributed by atoms with E-state index in [0.29, 0.717) is 18.7 Å². The normalized spacial score (nSPS) is 12.6. The fourth-order valence-corrected chi connectivity index (χ4v) is 2.04. The van der Waals surface area contributed by atoms with Crippen molar-refractivity contribution in [3.05, 3.63) is 11.8 Å². The number of methoxy groups -OCH3 is 1. The Labute approximate surface area is 133 Å². The maximum Gasteiger partial charge on any atom is 0.326 e. The van der Waals surface area contributed by atoms with E-state index in [4.69, 9.17) is 4.74 Å². The van der Waals surface area contributed by atoms with Crippen LogP contribution in [0.2, 0.25) is 0 Å². The van der Waals surface area contributed by atoms with E-state index in [1.807, 2.05) is 13.0 Å². The maximum atomic E-state index is 12.1. The third-order valence-corrected chi connectivity index (χ3v) is 3.38. The molecule has 0 aliphatic carbocycles. The minimum atomic E-state index is -0.991. The lowest BCUT2D eigenvalue weighted by atomic mass is 10.1. The number of nitrogens with zero attached hydrogens (tertiary/aromatic N) is 1. The van der Waals surface area contributed by atoms with Crippen molar-refractivity contribution < 1.29 is 19.4 Å². The molecule has 0 rings (SSSR count). The van der Waals surface area contributed by atoms with Crippen LogP contribution < -0.4 is 5.32 Å². The van der Waals surface area contributed by atoms with Gasteiger partial charge in [-0.2, -0.15) is 0 Å². The molecule has 6 nitrogen and oxygen atoms in total. The van der Waals surface area contributed by atoms with Gasteiger partial charge in [0.15, 0.2) is 0 Å². The van der Waals surface area contributed by atoms with Crippen LogP contribution in [0.5, 0.6) is 0 Å². The number of rotatable bonds is 11. The summed E-state index contributed by atoms with van der Waals surface area (Å²) in [4.78, 5) is 24.7. The van der Waals surface area contributed by atoms with Crippen molar-refractivity contribution in [3.8, 4) is 0 Å². The first-order chi connectivity index (χ1) is 10.5. The molecule has 0 aliphatic rings. The summed E-state index contributed by atoms with van der Waals surface area (Å²) in [7, 11) is 3.18. The van der Waals surface area contributed by atoms with Crippen LogP contribution in [0.3, 0.4) is 0 Å². The highest BCUT2D eigenvalue weighted by Crippen LogP contribution is 2.07. The molecule has 0 bridgehead atoms. The largest absolute Gasteiger partial charge is 0.500 e. The van der Waals surface area contributed by atoms with Gasteiger partial charge in [0.2, 0.25) is 0 Å². The first-order valence-corrected chi connectivity index (χ1v) is 7.93. The average Bonchev–Trinajstić information content (AvgIpc) is 2.49. The van der Waals surface area contributed by atoms with E-state index in [0.717, 1.165) is 32.1 Å². The van der Waals surface area contributed by atoms with E-state index in [9.17, 15) is 14.7 Å². The van der Waals surface area contributed by atoms with Crippen LogP contribution in [0.4, 0.5) is 4.79 Å². The van der Waals surface area contributed by atoms with E-state index >= 15 is 0 Å². The predicted molar refractivity (Wildman–Crippen MR) is 86.7 cm³/mol. The van der Waals surface area contributed by atoms with Crippen molar-refractivity contribution >= 4 is 12.0 Å². The highest BCUT2D eigenvalue weighted by Gasteiger charge is 2.21. The number of amides is 2. The summed E-state index contributed by atoms with van der Waals surface area (Å²) in [5, 5.41) is 11.8. The molecule has 0 saturated heterocycles. The summed E-state index contributed by atoms with van der Waals surface area (Å²) < 4.78 is 5.18. The van der Waals surface area contributed by atoms with Crippen molar-refractivity contribution in [2.24, 2.45) is 0 Å². The van der Waals surface area contributed by atoms with Gasteiger partial charge in [-0.05, 0) is 18.9 Å². The van der Waals surface area contributed by atoms with Crippen molar-refractivity contribution in [2.75, 3.05) is 20.7 Å². The smallest absolute Gasteiger partial charge is 0.326 e. The van der Waals surface area contributed by atoms with Crippen LogP contribution in [-0.2, 0) is 9.53 Å². The average molecular weight is 314 g/mol. The zero-order valence-corrected chi connectivity index (χ0v) is 14.2. The molecule has 1 unspecified atom stereocenters. The zero-order chi connectivity index (χ0) is 17.0. The molecule has 0 spiro atoms. The lowest BCUT2D eigenvalue weighted by Crippen LogP contribution is -2.47. The van der Waals surface area contributed by atoms with Gasteiger partial charge in [0, 0.05) is 7.05 Å². The van der Waals surface area contributed by atoms with Crippen LogP contribution in [0.15, 0.2) is 11.8 Å². The molecule has 0 saturated carbocycles. The molecule has 0 aliphatic heterocycles. The highest BCUT2D eigenvalue weighted by molar-refractivity contribution is 5.82. The first-order valence-electron chi connectivity index (χ1n) is 7.93. The van der Waals surface area contributed by atoms with Crippen molar-refractivity contribution in [1.29, 1.82) is 0 Å². The second-order valence-electron chi connectivity index (χ2n) is 5.33. The second kappa shape index (κ2) is 11.9. The first kappa shape index (κ1) is 20.3. The number of likely N-dealkylation sites (N-methyl/N-ethyl adjacent to an activating group) is 1. The number of allylic oxidation sites excluding steroid dienone is 1. The number of aliphatic carboxylic acids is 1. The number of carboxylic acid groups (broad SMARTS) is 1. The Bertz CT molecular complexity index is 369. The summed E-state index contributed by atoms with van der Waals surface area (Å²) in [6.45, 7) is 4.40. The summed E-state index contributed by atoms with van der Waals surface area (Å²) >= 11 is 0. The van der Waals surface area contributed by atoms with E-state index in [1.165, 1.54) is 4.90 Å². The number of nitrogens with one attached hydrogen (secondary N) is 1. The Morgan fingerprint density at radius 1 is 1.27 bits per heavy atom. The number of ether oxygens (including phenoxy) is 1. The summed E-state index contributed by atoms with van der Waals surface area (Å²) in [5.41, 5.74) is 0. The lowest BCUT2D eigenvalue weighted by Gasteiger charge is -2.22. The molecule has 2 amide bonds. The third-order valence-electron chi connectivity index (χ3n) is 3.38. The molecule has 2 N–H and O–H groups in total. The van der Waals surface area contributed by atoms with Crippen molar-refractivity contribution in [2.45, 2.75) is 58.4 Å². The van der Waals surface area contributed by atoms with E-state index < -0.39 is 18.0 Å². The standard InChI is InChI=1S/C16H30N2O4/c1-5-7-8-9-11-14(15(19)20)17-16(21)18(3)12-13(22-4)10-6-2/h10,14H,5-9,11-12H2,1-4H3,(H,17,21)(H,19,20)/b13-10-. The summed E-state index contributed by atoms with van der Waals surface area (Å²) in [6, 6.07) is -1.24. The number of carbonyl (C=O) groups excluding carboxylic acids is 1. The SMILES string of the molecule is CC/C=C(/CN(C)C(=O)NC(CCCCCC)C(=O)O)OC. The van der Waals surface area contributed by atoms with Gasteiger partial charge >= 0.3 is 12.0 Å². The fourth-order valence-electron chi connectivity index (χ4n) is 2.04. The van der Waals surface area contributed by atoms with Crippen LogP contribution in [0.1, 0.15) is 52.4 Å². The van der Waals surface area contributed by atoms with Gasteiger partial charge in [-0.3, -0.25) is 0 Å². The number of carboxylic acids is 1. The van der Waals surface area contributed by atoms with Gasteiger partial charge in [0.05, 0.1) is 13.7 Å². The summed E-state index contributed by atoms with van der Waals surface area (Å²) in [5.74, 6) is -0.302. The molecule has 0 aromatic heterocycles. The topological polar surface area (TPSA) is 78.9 Å². The van der Waals surface area contributed by atoms with E-state index in [1.54, 1.807) is 14.2 Å². The molecule has 0 aromatic carbocycles. The molecule has 6 heteroatoms. The predicted octanol–water partition coefficient (Wildman–Crippen LogP) is 2.99. The molecule has 0 heterocycles. The number of hydrogen-bond donors (Lipinski definition) is 2. The quantitative estimate of drug-likeness (QED) is 0.454. The Balaban J connectivity index is 4.42. The second-order valence-corrected chi connectivity index (χ2v) is 5.33. The van der Waals surface area contributed by atoms with Crippen LogP contribution in [0.25, 0.3) is 0 Å². The van der Waals surface area contributed by atoms with Gasteiger partial charge in [0.1, 0.15) is 11.8 Å². The van der Waals surface area contributed by atoms with Crippen molar-refractivity contribution in [3.63, 3.8) is 0 Å². The van der Waals surface area contributed by atoms with Crippen molar-refractivity contribution in [1.82, 2.24) is 10.2 Å². The zero-order valence-electron chi connectivity index (χ0n) is 14.2.